The predicted octanol–water partition coefficient (Wildman–Crippen LogP) is 5.37. The van der Waals surface area contributed by atoms with Crippen LogP contribution in [0.5, 0.6) is 11.5 Å². The first-order valence-corrected chi connectivity index (χ1v) is 9.49. The first kappa shape index (κ1) is 15.6. The molecule has 5 rings (SSSR count). The highest BCUT2D eigenvalue weighted by atomic mass is 16.7. The standard InChI is InChI=1S/C23H23NO2/c1-16(17-7-3-2-4-8-17)24-20-10-6-5-9-18(20)13-21(24)19-11-12-22-23(14-19)26-15-25-22/h2-4,7-8,11-14,16H,5-6,9-10,15H2,1H3/t16-/m0/s1. The third kappa shape index (κ3) is 2.50. The van der Waals surface area contributed by atoms with Crippen molar-refractivity contribution in [1.82, 2.24) is 4.57 Å². The predicted molar refractivity (Wildman–Crippen MR) is 103 cm³/mol. The minimum atomic E-state index is 0.304. The van der Waals surface area contributed by atoms with Crippen molar-refractivity contribution >= 4 is 0 Å². The fourth-order valence-electron chi connectivity index (χ4n) is 4.32. The summed E-state index contributed by atoms with van der Waals surface area (Å²) in [6.07, 6.45) is 4.91. The van der Waals surface area contributed by atoms with Crippen molar-refractivity contribution < 1.29 is 9.47 Å². The quantitative estimate of drug-likeness (QED) is 0.637. The van der Waals surface area contributed by atoms with Crippen molar-refractivity contribution in [3.05, 3.63) is 71.4 Å². The van der Waals surface area contributed by atoms with Crippen LogP contribution in [-0.2, 0) is 12.8 Å². The van der Waals surface area contributed by atoms with Crippen molar-refractivity contribution in [3.8, 4) is 22.8 Å². The molecule has 132 valence electrons. The number of fused-ring (bicyclic) bond motifs is 2. The Kier molecular flexibility index (Phi) is 3.74. The Labute approximate surface area is 154 Å². The third-order valence-electron chi connectivity index (χ3n) is 5.68. The largest absolute Gasteiger partial charge is 0.454 e. The summed E-state index contributed by atoms with van der Waals surface area (Å²) in [5, 5.41) is 0. The Balaban J connectivity index is 1.66. The molecule has 0 fully saturated rings. The van der Waals surface area contributed by atoms with Gasteiger partial charge in [-0.1, -0.05) is 30.3 Å². The molecular formula is C23H23NO2. The molecule has 0 radical (unpaired) electrons. The molecule has 1 aliphatic heterocycles. The van der Waals surface area contributed by atoms with E-state index in [0.717, 1.165) is 17.9 Å². The van der Waals surface area contributed by atoms with Gasteiger partial charge in [0.05, 0.1) is 6.04 Å². The van der Waals surface area contributed by atoms with Crippen molar-refractivity contribution in [3.63, 3.8) is 0 Å². The number of benzene rings is 2. The van der Waals surface area contributed by atoms with E-state index in [-0.39, 0.29) is 0 Å². The zero-order chi connectivity index (χ0) is 17.5. The molecule has 0 unspecified atom stereocenters. The average Bonchev–Trinajstić information content (AvgIpc) is 3.31. The molecular weight excluding hydrogens is 322 g/mol. The normalized spacial score (nSPS) is 16.3. The van der Waals surface area contributed by atoms with E-state index in [9.17, 15) is 0 Å². The van der Waals surface area contributed by atoms with Crippen LogP contribution in [0.1, 0.15) is 42.6 Å². The molecule has 3 heteroatoms. The van der Waals surface area contributed by atoms with Gasteiger partial charge in [-0.15, -0.1) is 0 Å². The van der Waals surface area contributed by atoms with E-state index < -0.39 is 0 Å². The Morgan fingerprint density at radius 3 is 2.58 bits per heavy atom. The summed E-state index contributed by atoms with van der Waals surface area (Å²) in [6, 6.07) is 19.8. The molecule has 0 bridgehead atoms. The molecule has 0 saturated heterocycles. The van der Waals surface area contributed by atoms with Gasteiger partial charge in [-0.05, 0) is 68.0 Å². The number of aromatic nitrogens is 1. The fourth-order valence-corrected chi connectivity index (χ4v) is 4.32. The number of nitrogens with zero attached hydrogens (tertiary/aromatic N) is 1. The molecule has 2 heterocycles. The van der Waals surface area contributed by atoms with E-state index in [2.05, 4.69) is 60.0 Å². The van der Waals surface area contributed by atoms with Gasteiger partial charge in [0.1, 0.15) is 0 Å². The number of rotatable bonds is 3. The van der Waals surface area contributed by atoms with E-state index in [1.807, 2.05) is 6.07 Å². The smallest absolute Gasteiger partial charge is 0.231 e. The topological polar surface area (TPSA) is 23.4 Å². The lowest BCUT2D eigenvalue weighted by Gasteiger charge is -2.23. The Morgan fingerprint density at radius 1 is 0.885 bits per heavy atom. The Bertz CT molecular complexity index is 942. The number of hydrogen-bond acceptors (Lipinski definition) is 2. The first-order valence-electron chi connectivity index (χ1n) is 9.49. The van der Waals surface area contributed by atoms with Crippen LogP contribution in [0.15, 0.2) is 54.6 Å². The van der Waals surface area contributed by atoms with E-state index in [1.165, 1.54) is 47.3 Å². The lowest BCUT2D eigenvalue weighted by atomic mass is 9.97. The average molecular weight is 345 g/mol. The summed E-state index contributed by atoms with van der Waals surface area (Å²) in [4.78, 5) is 0. The number of ether oxygens (including phenoxy) is 2. The van der Waals surface area contributed by atoms with Gasteiger partial charge in [0.2, 0.25) is 6.79 Å². The summed E-state index contributed by atoms with van der Waals surface area (Å²) in [5.41, 5.74) is 6.84. The molecule has 0 saturated carbocycles. The van der Waals surface area contributed by atoms with Crippen LogP contribution in [-0.4, -0.2) is 11.4 Å². The van der Waals surface area contributed by atoms with Gasteiger partial charge in [-0.3, -0.25) is 0 Å². The van der Waals surface area contributed by atoms with Crippen molar-refractivity contribution in [2.45, 2.75) is 38.6 Å². The first-order chi connectivity index (χ1) is 12.8. The fraction of sp³-hybridized carbons (Fsp3) is 0.304. The van der Waals surface area contributed by atoms with Crippen molar-refractivity contribution in [2.75, 3.05) is 6.79 Å². The zero-order valence-electron chi connectivity index (χ0n) is 15.1. The molecule has 3 aromatic rings. The monoisotopic (exact) mass is 345 g/mol. The second-order valence-electron chi connectivity index (χ2n) is 7.23. The molecule has 3 nitrogen and oxygen atoms in total. The molecule has 1 atom stereocenters. The summed E-state index contributed by atoms with van der Waals surface area (Å²) in [7, 11) is 0. The van der Waals surface area contributed by atoms with E-state index in [1.54, 1.807) is 0 Å². The van der Waals surface area contributed by atoms with Crippen LogP contribution in [0.3, 0.4) is 0 Å². The highest BCUT2D eigenvalue weighted by molar-refractivity contribution is 5.67. The van der Waals surface area contributed by atoms with Crippen molar-refractivity contribution in [2.24, 2.45) is 0 Å². The van der Waals surface area contributed by atoms with Crippen LogP contribution < -0.4 is 9.47 Å². The van der Waals surface area contributed by atoms with Crippen LogP contribution in [0.2, 0.25) is 0 Å². The van der Waals surface area contributed by atoms with Crippen LogP contribution in [0.25, 0.3) is 11.3 Å². The van der Waals surface area contributed by atoms with E-state index in [0.29, 0.717) is 12.8 Å². The SMILES string of the molecule is C[C@@H](c1ccccc1)n1c(-c2ccc3c(c2)OCO3)cc2c1CCCC2. The maximum Gasteiger partial charge on any atom is 0.231 e. The van der Waals surface area contributed by atoms with Gasteiger partial charge >= 0.3 is 0 Å². The lowest BCUT2D eigenvalue weighted by molar-refractivity contribution is 0.174. The Morgan fingerprint density at radius 2 is 1.69 bits per heavy atom. The third-order valence-corrected chi connectivity index (χ3v) is 5.68. The van der Waals surface area contributed by atoms with Crippen LogP contribution >= 0.6 is 0 Å². The number of aryl methyl sites for hydroxylation is 1. The second-order valence-corrected chi connectivity index (χ2v) is 7.23. The summed E-state index contributed by atoms with van der Waals surface area (Å²) < 4.78 is 13.6. The van der Waals surface area contributed by atoms with Crippen molar-refractivity contribution in [1.29, 1.82) is 0 Å². The van der Waals surface area contributed by atoms with E-state index >= 15 is 0 Å². The summed E-state index contributed by atoms with van der Waals surface area (Å²) >= 11 is 0. The molecule has 26 heavy (non-hydrogen) atoms. The molecule has 2 aromatic carbocycles. The number of hydrogen-bond donors (Lipinski definition) is 0. The zero-order valence-corrected chi connectivity index (χ0v) is 15.1. The van der Waals surface area contributed by atoms with Gasteiger partial charge < -0.3 is 14.0 Å². The summed E-state index contributed by atoms with van der Waals surface area (Å²) in [6.45, 7) is 2.62. The van der Waals surface area contributed by atoms with Gasteiger partial charge in [0.15, 0.2) is 11.5 Å². The molecule has 1 aromatic heterocycles. The minimum absolute atomic E-state index is 0.304. The molecule has 2 aliphatic rings. The highest BCUT2D eigenvalue weighted by Crippen LogP contribution is 2.40. The van der Waals surface area contributed by atoms with Crippen LogP contribution in [0.4, 0.5) is 0 Å². The molecule has 0 N–H and O–H groups in total. The van der Waals surface area contributed by atoms with Gasteiger partial charge in [0, 0.05) is 17.0 Å². The summed E-state index contributed by atoms with van der Waals surface area (Å²) in [5.74, 6) is 1.69. The van der Waals surface area contributed by atoms with Gasteiger partial charge in [-0.2, -0.15) is 0 Å². The lowest BCUT2D eigenvalue weighted by Crippen LogP contribution is -2.14. The minimum Gasteiger partial charge on any atom is -0.454 e. The molecule has 0 amide bonds. The molecule has 0 spiro atoms. The van der Waals surface area contributed by atoms with Gasteiger partial charge in [0.25, 0.3) is 0 Å². The second kappa shape index (κ2) is 6.24. The van der Waals surface area contributed by atoms with E-state index in [4.69, 9.17) is 9.47 Å². The maximum atomic E-state index is 5.62. The Hall–Kier alpha value is -2.68. The van der Waals surface area contributed by atoms with Crippen LogP contribution in [0, 0.1) is 0 Å². The maximum absolute atomic E-state index is 5.62. The highest BCUT2D eigenvalue weighted by Gasteiger charge is 2.24. The van der Waals surface area contributed by atoms with Gasteiger partial charge in [-0.25, -0.2) is 0 Å². The molecule has 1 aliphatic carbocycles.